The van der Waals surface area contributed by atoms with Crippen LogP contribution in [0.5, 0.6) is 0 Å². The Morgan fingerprint density at radius 2 is 1.78 bits per heavy atom. The number of anilines is 1. The maximum Gasteiger partial charge on any atom is 0.173 e. The Labute approximate surface area is 104 Å². The van der Waals surface area contributed by atoms with Crippen LogP contribution in [-0.4, -0.2) is 21.9 Å². The molecule has 1 aliphatic rings. The molecule has 0 radical (unpaired) electrons. The molecule has 0 amide bonds. The predicted octanol–water partition coefficient (Wildman–Crippen LogP) is 1.19. The molecule has 0 aliphatic carbocycles. The van der Waals surface area contributed by atoms with Gasteiger partial charge in [-0.25, -0.2) is 4.98 Å². The monoisotopic (exact) mass is 238 g/mol. The average Bonchev–Trinajstić information content (AvgIpc) is 2.49. The van der Waals surface area contributed by atoms with Crippen LogP contribution >= 0.6 is 0 Å². The lowest BCUT2D eigenvalue weighted by Crippen LogP contribution is -2.35. The highest BCUT2D eigenvalue weighted by atomic mass is 15.8. The minimum Gasteiger partial charge on any atom is -0.254 e. The second-order valence-electron chi connectivity index (χ2n) is 3.56. The van der Waals surface area contributed by atoms with Gasteiger partial charge in [0.1, 0.15) is 5.71 Å². The van der Waals surface area contributed by atoms with E-state index in [4.69, 9.17) is 0 Å². The van der Waals surface area contributed by atoms with E-state index in [0.717, 1.165) is 5.69 Å². The summed E-state index contributed by atoms with van der Waals surface area (Å²) in [6.07, 6.45) is 5.06. The second-order valence-corrected chi connectivity index (χ2v) is 3.56. The normalized spacial score (nSPS) is 14.0. The van der Waals surface area contributed by atoms with Crippen molar-refractivity contribution in [2.75, 3.05) is 5.12 Å². The number of hydrazone groups is 2. The van der Waals surface area contributed by atoms with E-state index in [2.05, 4.69) is 25.7 Å². The second kappa shape index (κ2) is 4.62. The molecule has 0 unspecified atom stereocenters. The number of aromatic nitrogens is 2. The first-order chi connectivity index (χ1) is 8.93. The number of nitrogens with one attached hydrogen (secondary N) is 1. The third kappa shape index (κ3) is 2.03. The third-order valence-electron chi connectivity index (χ3n) is 2.35. The molecule has 0 fully saturated rings. The number of pyridine rings is 2. The van der Waals surface area contributed by atoms with Gasteiger partial charge in [0.25, 0.3) is 0 Å². The summed E-state index contributed by atoms with van der Waals surface area (Å²) in [5.41, 5.74) is 4.26. The van der Waals surface area contributed by atoms with Gasteiger partial charge in [0.15, 0.2) is 5.82 Å². The number of hydrogen-bond donors (Lipinski definition) is 1. The molecule has 6 heteroatoms. The number of hydrazine groups is 1. The highest BCUT2D eigenvalue weighted by Crippen LogP contribution is 2.09. The molecule has 6 nitrogen and oxygen atoms in total. The molecule has 3 rings (SSSR count). The van der Waals surface area contributed by atoms with E-state index in [9.17, 15) is 0 Å². The standard InChI is InChI=1S/C12H10N6/c1-3-7-13-10(5-1)11-9-15-18(17-16-11)12-6-2-4-8-14-12/h1-9,17H. The fourth-order valence-electron chi connectivity index (χ4n) is 1.50. The first-order valence-corrected chi connectivity index (χ1v) is 5.43. The summed E-state index contributed by atoms with van der Waals surface area (Å²) in [5, 5.41) is 9.91. The zero-order valence-electron chi connectivity index (χ0n) is 9.43. The first-order valence-electron chi connectivity index (χ1n) is 5.43. The van der Waals surface area contributed by atoms with Gasteiger partial charge < -0.3 is 0 Å². The topological polar surface area (TPSA) is 65.8 Å². The molecule has 0 saturated carbocycles. The number of hydrogen-bond acceptors (Lipinski definition) is 6. The molecular formula is C12H10N6. The molecule has 2 aromatic heterocycles. The van der Waals surface area contributed by atoms with Crippen LogP contribution in [0, 0.1) is 0 Å². The van der Waals surface area contributed by atoms with Gasteiger partial charge in [-0.2, -0.15) is 15.7 Å². The van der Waals surface area contributed by atoms with Crippen molar-refractivity contribution in [1.82, 2.24) is 15.5 Å². The minimum atomic E-state index is 0.678. The molecule has 0 atom stereocenters. The van der Waals surface area contributed by atoms with E-state index in [0.29, 0.717) is 11.5 Å². The lowest BCUT2D eigenvalue weighted by atomic mass is 10.2. The molecule has 88 valence electrons. The molecule has 18 heavy (non-hydrogen) atoms. The Kier molecular flexibility index (Phi) is 2.67. The van der Waals surface area contributed by atoms with E-state index in [1.54, 1.807) is 18.6 Å². The predicted molar refractivity (Wildman–Crippen MR) is 69.1 cm³/mol. The summed E-state index contributed by atoms with van der Waals surface area (Å²) in [6, 6.07) is 11.2. The Bertz CT molecular complexity index is 578. The van der Waals surface area contributed by atoms with Crippen molar-refractivity contribution in [3.63, 3.8) is 0 Å². The van der Waals surface area contributed by atoms with Crippen LogP contribution < -0.4 is 10.7 Å². The molecule has 0 saturated heterocycles. The van der Waals surface area contributed by atoms with Crippen LogP contribution in [0.25, 0.3) is 0 Å². The van der Waals surface area contributed by atoms with E-state index >= 15 is 0 Å². The van der Waals surface area contributed by atoms with Crippen molar-refractivity contribution in [3.8, 4) is 0 Å². The molecule has 1 N–H and O–H groups in total. The van der Waals surface area contributed by atoms with Crippen LogP contribution in [0.4, 0.5) is 5.82 Å². The van der Waals surface area contributed by atoms with E-state index in [-0.39, 0.29) is 0 Å². The Morgan fingerprint density at radius 1 is 0.944 bits per heavy atom. The van der Waals surface area contributed by atoms with Crippen molar-refractivity contribution in [2.45, 2.75) is 0 Å². The highest BCUT2D eigenvalue weighted by molar-refractivity contribution is 6.37. The van der Waals surface area contributed by atoms with E-state index in [1.165, 1.54) is 5.12 Å². The maximum atomic E-state index is 4.22. The van der Waals surface area contributed by atoms with Crippen molar-refractivity contribution in [3.05, 3.63) is 54.5 Å². The molecule has 0 aromatic carbocycles. The quantitative estimate of drug-likeness (QED) is 0.853. The van der Waals surface area contributed by atoms with Gasteiger partial charge in [-0.3, -0.25) is 4.98 Å². The van der Waals surface area contributed by atoms with Crippen molar-refractivity contribution in [1.29, 1.82) is 0 Å². The van der Waals surface area contributed by atoms with Gasteiger partial charge >= 0.3 is 0 Å². The fourth-order valence-corrected chi connectivity index (χ4v) is 1.50. The number of nitrogens with zero attached hydrogens (tertiary/aromatic N) is 5. The molecule has 3 heterocycles. The first kappa shape index (κ1) is 10.4. The Morgan fingerprint density at radius 3 is 2.39 bits per heavy atom. The lowest BCUT2D eigenvalue weighted by molar-refractivity contribution is 0.669. The van der Waals surface area contributed by atoms with E-state index in [1.807, 2.05) is 36.4 Å². The van der Waals surface area contributed by atoms with Crippen molar-refractivity contribution in [2.24, 2.45) is 10.2 Å². The number of rotatable bonds is 2. The van der Waals surface area contributed by atoms with Crippen LogP contribution in [0.2, 0.25) is 0 Å². The average molecular weight is 238 g/mol. The maximum absolute atomic E-state index is 4.22. The zero-order chi connectivity index (χ0) is 12.2. The van der Waals surface area contributed by atoms with Crippen molar-refractivity contribution < 1.29 is 0 Å². The smallest absolute Gasteiger partial charge is 0.173 e. The van der Waals surface area contributed by atoms with Gasteiger partial charge in [-0.05, 0) is 24.3 Å². The Hall–Kier alpha value is -2.76. The summed E-state index contributed by atoms with van der Waals surface area (Å²) in [7, 11) is 0. The molecular weight excluding hydrogens is 228 g/mol. The summed E-state index contributed by atoms with van der Waals surface area (Å²) in [6.45, 7) is 0. The van der Waals surface area contributed by atoms with Crippen LogP contribution in [0.3, 0.4) is 0 Å². The zero-order valence-corrected chi connectivity index (χ0v) is 9.43. The van der Waals surface area contributed by atoms with Gasteiger partial charge in [-0.1, -0.05) is 12.1 Å². The largest absolute Gasteiger partial charge is 0.254 e. The van der Waals surface area contributed by atoms with Crippen LogP contribution in [0.15, 0.2) is 59.0 Å². The molecule has 0 bridgehead atoms. The van der Waals surface area contributed by atoms with Crippen molar-refractivity contribution >= 4 is 17.7 Å². The van der Waals surface area contributed by atoms with Gasteiger partial charge in [0.05, 0.1) is 11.9 Å². The molecule has 1 aliphatic heterocycles. The third-order valence-corrected chi connectivity index (χ3v) is 2.35. The Balaban J connectivity index is 1.79. The summed E-state index contributed by atoms with van der Waals surface area (Å²) < 4.78 is 0. The molecule has 2 aromatic rings. The SMILES string of the molecule is C1=NN(c2ccccn2)NN=C1c1ccccn1. The van der Waals surface area contributed by atoms with Gasteiger partial charge in [0, 0.05) is 12.4 Å². The van der Waals surface area contributed by atoms with E-state index < -0.39 is 0 Å². The highest BCUT2D eigenvalue weighted by Gasteiger charge is 2.11. The summed E-state index contributed by atoms with van der Waals surface area (Å²) in [4.78, 5) is 8.37. The van der Waals surface area contributed by atoms with Gasteiger partial charge in [0.2, 0.25) is 0 Å². The van der Waals surface area contributed by atoms with Crippen LogP contribution in [0.1, 0.15) is 5.69 Å². The minimum absolute atomic E-state index is 0.678. The molecule has 0 spiro atoms. The van der Waals surface area contributed by atoms with Crippen LogP contribution in [-0.2, 0) is 0 Å². The summed E-state index contributed by atoms with van der Waals surface area (Å²) in [5.74, 6) is 0.678. The summed E-state index contributed by atoms with van der Waals surface area (Å²) >= 11 is 0. The fraction of sp³-hybridized carbons (Fsp3) is 0. The lowest BCUT2D eigenvalue weighted by Gasteiger charge is -2.19. The van der Waals surface area contributed by atoms with Gasteiger partial charge in [-0.15, -0.1) is 5.12 Å².